The Labute approximate surface area is 101 Å². The molecule has 0 spiro atoms. The van der Waals surface area contributed by atoms with Gasteiger partial charge in [-0.3, -0.25) is 0 Å². The van der Waals surface area contributed by atoms with Crippen molar-refractivity contribution in [3.8, 4) is 0 Å². The van der Waals surface area contributed by atoms with Crippen LogP contribution in [0.1, 0.15) is 25.2 Å². The van der Waals surface area contributed by atoms with Gasteiger partial charge < -0.3 is 5.73 Å². The van der Waals surface area contributed by atoms with Crippen LogP contribution in [0.15, 0.2) is 36.7 Å². The number of nitrogens with zero attached hydrogens (tertiary/aromatic N) is 3. The molecule has 90 valence electrons. The second kappa shape index (κ2) is 4.67. The first-order chi connectivity index (χ1) is 8.04. The van der Waals surface area contributed by atoms with Crippen LogP contribution in [0.5, 0.6) is 0 Å². The van der Waals surface area contributed by atoms with E-state index in [2.05, 4.69) is 22.2 Å². The Morgan fingerprint density at radius 3 is 2.59 bits per heavy atom. The molecule has 2 rings (SSSR count). The standard InChI is InChI=1S/C13H18N4/c1-13(2,14)8-12-15-10-16-17(12)9-11-6-4-3-5-7-11/h3-7,10H,8-9,14H2,1-2H3. The lowest BCUT2D eigenvalue weighted by molar-refractivity contribution is 0.481. The fraction of sp³-hybridized carbons (Fsp3) is 0.385. The summed E-state index contributed by atoms with van der Waals surface area (Å²) in [6.45, 7) is 4.73. The third-order valence-electron chi connectivity index (χ3n) is 2.48. The summed E-state index contributed by atoms with van der Waals surface area (Å²) in [4.78, 5) is 4.27. The van der Waals surface area contributed by atoms with Crippen molar-refractivity contribution in [2.45, 2.75) is 32.4 Å². The van der Waals surface area contributed by atoms with Crippen molar-refractivity contribution < 1.29 is 0 Å². The molecule has 0 saturated heterocycles. The van der Waals surface area contributed by atoms with Crippen molar-refractivity contribution in [1.29, 1.82) is 0 Å². The van der Waals surface area contributed by atoms with Gasteiger partial charge in [0.1, 0.15) is 12.2 Å². The van der Waals surface area contributed by atoms with E-state index in [0.29, 0.717) is 0 Å². The van der Waals surface area contributed by atoms with Crippen LogP contribution in [0.25, 0.3) is 0 Å². The summed E-state index contributed by atoms with van der Waals surface area (Å²) in [5.41, 5.74) is 6.96. The second-order valence-corrected chi connectivity index (χ2v) is 4.98. The zero-order valence-electron chi connectivity index (χ0n) is 10.3. The van der Waals surface area contributed by atoms with E-state index in [1.807, 2.05) is 36.7 Å². The Hall–Kier alpha value is -1.68. The lowest BCUT2D eigenvalue weighted by atomic mass is 10.0. The molecule has 17 heavy (non-hydrogen) atoms. The van der Waals surface area contributed by atoms with Gasteiger partial charge in [0.25, 0.3) is 0 Å². The van der Waals surface area contributed by atoms with Crippen LogP contribution in [0.3, 0.4) is 0 Å². The first kappa shape index (κ1) is 11.8. The minimum absolute atomic E-state index is 0.262. The molecule has 0 amide bonds. The van der Waals surface area contributed by atoms with Gasteiger partial charge in [-0.15, -0.1) is 0 Å². The average molecular weight is 230 g/mol. The molecule has 0 aliphatic heterocycles. The van der Waals surface area contributed by atoms with Gasteiger partial charge in [0.15, 0.2) is 0 Å². The molecule has 0 fully saturated rings. The van der Waals surface area contributed by atoms with Crippen LogP contribution in [-0.2, 0) is 13.0 Å². The van der Waals surface area contributed by atoms with E-state index in [9.17, 15) is 0 Å². The van der Waals surface area contributed by atoms with E-state index >= 15 is 0 Å². The number of aromatic nitrogens is 3. The predicted molar refractivity (Wildman–Crippen MR) is 67.5 cm³/mol. The summed E-state index contributed by atoms with van der Waals surface area (Å²) < 4.78 is 1.91. The maximum atomic E-state index is 6.01. The summed E-state index contributed by atoms with van der Waals surface area (Å²) in [7, 11) is 0. The van der Waals surface area contributed by atoms with Gasteiger partial charge in [-0.2, -0.15) is 5.10 Å². The van der Waals surface area contributed by atoms with Gasteiger partial charge in [-0.25, -0.2) is 9.67 Å². The van der Waals surface area contributed by atoms with Gasteiger partial charge in [-0.1, -0.05) is 30.3 Å². The largest absolute Gasteiger partial charge is 0.325 e. The van der Waals surface area contributed by atoms with Crippen molar-refractivity contribution in [3.63, 3.8) is 0 Å². The fourth-order valence-electron chi connectivity index (χ4n) is 1.72. The monoisotopic (exact) mass is 230 g/mol. The SMILES string of the molecule is CC(C)(N)Cc1ncnn1Cc1ccccc1. The molecule has 1 heterocycles. The Morgan fingerprint density at radius 2 is 1.94 bits per heavy atom. The Bertz CT molecular complexity index is 468. The van der Waals surface area contributed by atoms with Gasteiger partial charge in [-0.05, 0) is 19.4 Å². The van der Waals surface area contributed by atoms with Crippen LogP contribution in [0, 0.1) is 0 Å². The molecular formula is C13H18N4. The highest BCUT2D eigenvalue weighted by Crippen LogP contribution is 2.09. The predicted octanol–water partition coefficient (Wildman–Crippen LogP) is 1.61. The molecule has 2 aromatic rings. The second-order valence-electron chi connectivity index (χ2n) is 4.98. The van der Waals surface area contributed by atoms with Crippen molar-refractivity contribution in [1.82, 2.24) is 14.8 Å². The number of hydrogen-bond donors (Lipinski definition) is 1. The van der Waals surface area contributed by atoms with E-state index in [1.54, 1.807) is 6.33 Å². The Balaban J connectivity index is 2.15. The van der Waals surface area contributed by atoms with Crippen LogP contribution in [-0.4, -0.2) is 20.3 Å². The fourth-order valence-corrected chi connectivity index (χ4v) is 1.72. The minimum Gasteiger partial charge on any atom is -0.325 e. The molecule has 0 aliphatic rings. The van der Waals surface area contributed by atoms with Crippen LogP contribution in [0.4, 0.5) is 0 Å². The third kappa shape index (κ3) is 3.39. The molecular weight excluding hydrogens is 212 g/mol. The number of hydrogen-bond acceptors (Lipinski definition) is 3. The third-order valence-corrected chi connectivity index (χ3v) is 2.48. The Morgan fingerprint density at radius 1 is 1.24 bits per heavy atom. The first-order valence-corrected chi connectivity index (χ1v) is 5.74. The summed E-state index contributed by atoms with van der Waals surface area (Å²) in [5, 5.41) is 4.25. The highest BCUT2D eigenvalue weighted by atomic mass is 15.3. The molecule has 4 heteroatoms. The molecule has 2 N–H and O–H groups in total. The van der Waals surface area contributed by atoms with Crippen molar-refractivity contribution in [2.24, 2.45) is 5.73 Å². The zero-order valence-corrected chi connectivity index (χ0v) is 10.3. The summed E-state index contributed by atoms with van der Waals surface area (Å²) in [6, 6.07) is 10.2. The van der Waals surface area contributed by atoms with E-state index in [1.165, 1.54) is 5.56 Å². The molecule has 0 unspecified atom stereocenters. The number of rotatable bonds is 4. The van der Waals surface area contributed by atoms with Crippen LogP contribution in [0.2, 0.25) is 0 Å². The van der Waals surface area contributed by atoms with Gasteiger partial charge in [0, 0.05) is 12.0 Å². The average Bonchev–Trinajstić information content (AvgIpc) is 2.65. The Kier molecular flexibility index (Phi) is 3.24. The van der Waals surface area contributed by atoms with Gasteiger partial charge in [0.2, 0.25) is 0 Å². The smallest absolute Gasteiger partial charge is 0.138 e. The van der Waals surface area contributed by atoms with E-state index < -0.39 is 0 Å². The molecule has 4 nitrogen and oxygen atoms in total. The molecule has 0 saturated carbocycles. The van der Waals surface area contributed by atoms with Crippen molar-refractivity contribution in [2.75, 3.05) is 0 Å². The van der Waals surface area contributed by atoms with Crippen molar-refractivity contribution >= 4 is 0 Å². The molecule has 1 aromatic carbocycles. The van der Waals surface area contributed by atoms with E-state index in [-0.39, 0.29) is 5.54 Å². The summed E-state index contributed by atoms with van der Waals surface area (Å²) in [6.07, 6.45) is 2.31. The summed E-state index contributed by atoms with van der Waals surface area (Å²) >= 11 is 0. The number of nitrogens with two attached hydrogens (primary N) is 1. The quantitative estimate of drug-likeness (QED) is 0.868. The van der Waals surface area contributed by atoms with Crippen LogP contribution < -0.4 is 5.73 Å². The lowest BCUT2D eigenvalue weighted by Crippen LogP contribution is -2.35. The molecule has 1 aromatic heterocycles. The van der Waals surface area contributed by atoms with E-state index in [0.717, 1.165) is 18.8 Å². The topological polar surface area (TPSA) is 56.7 Å². The molecule has 0 radical (unpaired) electrons. The zero-order chi connectivity index (χ0) is 12.3. The maximum Gasteiger partial charge on any atom is 0.138 e. The lowest BCUT2D eigenvalue weighted by Gasteiger charge is -2.17. The normalized spacial score (nSPS) is 11.7. The van der Waals surface area contributed by atoms with E-state index in [4.69, 9.17) is 5.73 Å². The molecule has 0 atom stereocenters. The van der Waals surface area contributed by atoms with Gasteiger partial charge >= 0.3 is 0 Å². The minimum atomic E-state index is -0.262. The van der Waals surface area contributed by atoms with Crippen molar-refractivity contribution in [3.05, 3.63) is 48.0 Å². The van der Waals surface area contributed by atoms with Gasteiger partial charge in [0.05, 0.1) is 6.54 Å². The summed E-state index contributed by atoms with van der Waals surface area (Å²) in [5.74, 6) is 0.932. The molecule has 0 aliphatic carbocycles. The maximum absolute atomic E-state index is 6.01. The van der Waals surface area contributed by atoms with Crippen LogP contribution >= 0.6 is 0 Å². The molecule has 0 bridgehead atoms. The number of benzene rings is 1. The first-order valence-electron chi connectivity index (χ1n) is 5.74. The highest BCUT2D eigenvalue weighted by Gasteiger charge is 2.16. The highest BCUT2D eigenvalue weighted by molar-refractivity contribution is 5.15.